The highest BCUT2D eigenvalue weighted by Gasteiger charge is 2.21. The summed E-state index contributed by atoms with van der Waals surface area (Å²) in [5, 5.41) is 9.01. The zero-order valence-electron chi connectivity index (χ0n) is 9.91. The summed E-state index contributed by atoms with van der Waals surface area (Å²) < 4.78 is 5.34. The van der Waals surface area contributed by atoms with Gasteiger partial charge in [0.2, 0.25) is 0 Å². The number of hydrogen-bond donors (Lipinski definition) is 2. The summed E-state index contributed by atoms with van der Waals surface area (Å²) in [5.74, 6) is 0. The van der Waals surface area contributed by atoms with Crippen molar-refractivity contribution in [1.29, 1.82) is 0 Å². The van der Waals surface area contributed by atoms with Gasteiger partial charge in [-0.3, -0.25) is 0 Å². The fraction of sp³-hybridized carbons (Fsp3) is 1.00. The Hall–Kier alpha value is -0.160. The van der Waals surface area contributed by atoms with Crippen molar-refractivity contribution in [2.24, 2.45) is 5.73 Å². The van der Waals surface area contributed by atoms with Crippen molar-refractivity contribution in [2.75, 3.05) is 33.4 Å². The predicted octanol–water partition coefficient (Wildman–Crippen LogP) is 0.197. The van der Waals surface area contributed by atoms with Gasteiger partial charge in [-0.2, -0.15) is 0 Å². The van der Waals surface area contributed by atoms with Crippen LogP contribution in [0.2, 0.25) is 0 Å². The lowest BCUT2D eigenvalue weighted by Crippen LogP contribution is -2.41. The lowest BCUT2D eigenvalue weighted by atomic mass is 9.98. The summed E-state index contributed by atoms with van der Waals surface area (Å²) in [6.07, 6.45) is 3.03. The maximum absolute atomic E-state index is 9.01. The monoisotopic (exact) mass is 216 g/mol. The second kappa shape index (κ2) is 5.80. The standard InChI is InChI=1S/C11H24N2O2/c1-11(12,9-14)5-3-6-13(2)10-4-7-15-8-10/h10,14H,3-9,12H2,1-2H3. The smallest absolute Gasteiger partial charge is 0.0622 e. The van der Waals surface area contributed by atoms with Crippen molar-refractivity contribution in [3.63, 3.8) is 0 Å². The number of rotatable bonds is 6. The molecule has 4 heteroatoms. The van der Waals surface area contributed by atoms with Crippen LogP contribution < -0.4 is 5.73 Å². The molecule has 0 radical (unpaired) electrons. The van der Waals surface area contributed by atoms with E-state index in [9.17, 15) is 0 Å². The minimum Gasteiger partial charge on any atom is -0.394 e. The van der Waals surface area contributed by atoms with E-state index < -0.39 is 5.54 Å². The van der Waals surface area contributed by atoms with E-state index in [1.54, 1.807) is 0 Å². The first kappa shape index (κ1) is 12.9. The van der Waals surface area contributed by atoms with Crippen molar-refractivity contribution in [3.05, 3.63) is 0 Å². The molecule has 0 saturated carbocycles. The molecule has 0 aromatic heterocycles. The molecule has 1 saturated heterocycles. The van der Waals surface area contributed by atoms with Gasteiger partial charge in [0.05, 0.1) is 13.2 Å². The second-order valence-corrected chi connectivity index (χ2v) is 4.91. The third kappa shape index (κ3) is 4.47. The average molecular weight is 216 g/mol. The highest BCUT2D eigenvalue weighted by molar-refractivity contribution is 4.79. The molecule has 3 N–H and O–H groups in total. The van der Waals surface area contributed by atoms with Crippen molar-refractivity contribution >= 4 is 0 Å². The number of hydrogen-bond acceptors (Lipinski definition) is 4. The summed E-state index contributed by atoms with van der Waals surface area (Å²) in [5.41, 5.74) is 5.44. The lowest BCUT2D eigenvalue weighted by Gasteiger charge is -2.26. The van der Waals surface area contributed by atoms with Crippen LogP contribution >= 0.6 is 0 Å². The van der Waals surface area contributed by atoms with E-state index in [0.717, 1.165) is 39.0 Å². The van der Waals surface area contributed by atoms with Crippen molar-refractivity contribution in [1.82, 2.24) is 4.90 Å². The van der Waals surface area contributed by atoms with Gasteiger partial charge in [0.15, 0.2) is 0 Å². The van der Waals surface area contributed by atoms with Gasteiger partial charge < -0.3 is 20.5 Å². The van der Waals surface area contributed by atoms with Crippen molar-refractivity contribution in [3.8, 4) is 0 Å². The summed E-state index contributed by atoms with van der Waals surface area (Å²) in [6, 6.07) is 0.572. The molecule has 0 bridgehead atoms. The van der Waals surface area contributed by atoms with E-state index in [0.29, 0.717) is 6.04 Å². The molecule has 1 heterocycles. The normalized spacial score (nSPS) is 25.8. The molecule has 0 spiro atoms. The van der Waals surface area contributed by atoms with Crippen LogP contribution in [0.4, 0.5) is 0 Å². The number of nitrogens with two attached hydrogens (primary N) is 1. The predicted molar refractivity (Wildman–Crippen MR) is 60.8 cm³/mol. The number of aliphatic hydroxyl groups excluding tert-OH is 1. The number of nitrogens with zero attached hydrogens (tertiary/aromatic N) is 1. The van der Waals surface area contributed by atoms with Gasteiger partial charge in [-0.15, -0.1) is 0 Å². The molecular weight excluding hydrogens is 192 g/mol. The Morgan fingerprint density at radius 2 is 2.33 bits per heavy atom. The van der Waals surface area contributed by atoms with Gasteiger partial charge in [0.1, 0.15) is 0 Å². The molecule has 1 aliphatic heterocycles. The highest BCUT2D eigenvalue weighted by atomic mass is 16.5. The molecule has 2 atom stereocenters. The van der Waals surface area contributed by atoms with Crippen LogP contribution in [0.3, 0.4) is 0 Å². The largest absolute Gasteiger partial charge is 0.394 e. The van der Waals surface area contributed by atoms with E-state index in [4.69, 9.17) is 15.6 Å². The molecule has 15 heavy (non-hydrogen) atoms. The summed E-state index contributed by atoms with van der Waals surface area (Å²) in [6.45, 7) is 4.73. The Balaban J connectivity index is 2.13. The van der Waals surface area contributed by atoms with E-state index in [1.165, 1.54) is 0 Å². The number of likely N-dealkylation sites (N-methyl/N-ethyl adjacent to an activating group) is 1. The fourth-order valence-corrected chi connectivity index (χ4v) is 1.86. The minimum atomic E-state index is -0.424. The third-order valence-electron chi connectivity index (χ3n) is 3.15. The topological polar surface area (TPSA) is 58.7 Å². The molecule has 0 aromatic rings. The Morgan fingerprint density at radius 3 is 2.87 bits per heavy atom. The zero-order chi connectivity index (χ0) is 11.3. The van der Waals surface area contributed by atoms with Crippen LogP contribution in [0.5, 0.6) is 0 Å². The van der Waals surface area contributed by atoms with E-state index in [-0.39, 0.29) is 6.61 Å². The molecule has 1 rings (SSSR count). The molecule has 1 fully saturated rings. The van der Waals surface area contributed by atoms with E-state index >= 15 is 0 Å². The molecular formula is C11H24N2O2. The molecule has 0 aromatic carbocycles. The lowest BCUT2D eigenvalue weighted by molar-refractivity contribution is 0.152. The van der Waals surface area contributed by atoms with Gasteiger partial charge in [0.25, 0.3) is 0 Å². The van der Waals surface area contributed by atoms with Crippen LogP contribution in [0, 0.1) is 0 Å². The van der Waals surface area contributed by atoms with Gasteiger partial charge in [-0.05, 0) is 39.8 Å². The van der Waals surface area contributed by atoms with Crippen LogP contribution in [0.15, 0.2) is 0 Å². The first-order valence-electron chi connectivity index (χ1n) is 5.73. The molecule has 4 nitrogen and oxygen atoms in total. The van der Waals surface area contributed by atoms with Gasteiger partial charge in [0, 0.05) is 18.2 Å². The highest BCUT2D eigenvalue weighted by Crippen LogP contribution is 2.13. The van der Waals surface area contributed by atoms with Gasteiger partial charge in [-0.1, -0.05) is 0 Å². The van der Waals surface area contributed by atoms with Crippen LogP contribution in [-0.4, -0.2) is 55.0 Å². The fourth-order valence-electron chi connectivity index (χ4n) is 1.86. The number of aliphatic hydroxyl groups is 1. The Kier molecular flexibility index (Phi) is 4.99. The maximum atomic E-state index is 9.01. The molecule has 90 valence electrons. The molecule has 1 aliphatic rings. The zero-order valence-corrected chi connectivity index (χ0v) is 9.91. The van der Waals surface area contributed by atoms with Crippen molar-refractivity contribution in [2.45, 2.75) is 37.8 Å². The van der Waals surface area contributed by atoms with Crippen LogP contribution in [-0.2, 0) is 4.74 Å². The van der Waals surface area contributed by atoms with Crippen LogP contribution in [0.25, 0.3) is 0 Å². The number of ether oxygens (including phenoxy) is 1. The Morgan fingerprint density at radius 1 is 1.60 bits per heavy atom. The summed E-state index contributed by atoms with van der Waals surface area (Å²) >= 11 is 0. The van der Waals surface area contributed by atoms with Crippen LogP contribution in [0.1, 0.15) is 26.2 Å². The summed E-state index contributed by atoms with van der Waals surface area (Å²) in [7, 11) is 2.13. The molecule has 2 unspecified atom stereocenters. The quantitative estimate of drug-likeness (QED) is 0.666. The molecule has 0 amide bonds. The minimum absolute atomic E-state index is 0.0588. The first-order chi connectivity index (χ1) is 7.05. The van der Waals surface area contributed by atoms with Gasteiger partial charge in [-0.25, -0.2) is 0 Å². The van der Waals surface area contributed by atoms with E-state index in [1.807, 2.05) is 6.92 Å². The van der Waals surface area contributed by atoms with Crippen molar-refractivity contribution < 1.29 is 9.84 Å². The third-order valence-corrected chi connectivity index (χ3v) is 3.15. The Labute approximate surface area is 92.4 Å². The first-order valence-corrected chi connectivity index (χ1v) is 5.73. The molecule has 0 aliphatic carbocycles. The average Bonchev–Trinajstić information content (AvgIpc) is 2.70. The second-order valence-electron chi connectivity index (χ2n) is 4.91. The summed E-state index contributed by atoms with van der Waals surface area (Å²) in [4.78, 5) is 2.33. The maximum Gasteiger partial charge on any atom is 0.0622 e. The SMILES string of the molecule is CN(CCCC(C)(N)CO)C1CCOC1. The van der Waals surface area contributed by atoms with E-state index in [2.05, 4.69) is 11.9 Å². The Bertz CT molecular complexity index is 179. The van der Waals surface area contributed by atoms with Gasteiger partial charge >= 0.3 is 0 Å².